The van der Waals surface area contributed by atoms with Crippen molar-refractivity contribution in [1.29, 1.82) is 0 Å². The van der Waals surface area contributed by atoms with Crippen LogP contribution < -0.4 is 11.3 Å². The van der Waals surface area contributed by atoms with E-state index in [9.17, 15) is 4.39 Å². The standard InChI is InChI=1S/C13H17ClFN5/c1-3-10-13(14)12(20(2)19-10)5-11(18-16)8-4-9(15)7-17-6-8/h4,6-7,11,18H,3,5,16H2,1-2H3. The lowest BCUT2D eigenvalue weighted by Gasteiger charge is -2.16. The molecular formula is C13H17ClFN5. The van der Waals surface area contributed by atoms with Gasteiger partial charge in [0.25, 0.3) is 0 Å². The number of nitrogens with two attached hydrogens (primary N) is 1. The number of halogens is 2. The molecule has 0 saturated heterocycles. The molecule has 0 aliphatic rings. The van der Waals surface area contributed by atoms with Gasteiger partial charge in [-0.1, -0.05) is 18.5 Å². The van der Waals surface area contributed by atoms with Gasteiger partial charge in [-0.2, -0.15) is 5.10 Å². The first kappa shape index (κ1) is 14.9. The van der Waals surface area contributed by atoms with E-state index >= 15 is 0 Å². The quantitative estimate of drug-likeness (QED) is 0.653. The topological polar surface area (TPSA) is 68.8 Å². The van der Waals surface area contributed by atoms with Crippen LogP contribution in [0.4, 0.5) is 4.39 Å². The van der Waals surface area contributed by atoms with E-state index in [4.69, 9.17) is 17.4 Å². The fraction of sp³-hybridized carbons (Fsp3) is 0.385. The zero-order valence-corrected chi connectivity index (χ0v) is 12.2. The van der Waals surface area contributed by atoms with Crippen molar-refractivity contribution in [1.82, 2.24) is 20.2 Å². The SMILES string of the molecule is CCc1nn(C)c(CC(NN)c2cncc(F)c2)c1Cl. The molecule has 0 saturated carbocycles. The number of hydrazine groups is 1. The Kier molecular flexibility index (Phi) is 4.69. The number of pyridine rings is 1. The molecule has 0 aliphatic heterocycles. The first-order valence-electron chi connectivity index (χ1n) is 6.33. The van der Waals surface area contributed by atoms with Crippen molar-refractivity contribution in [2.24, 2.45) is 12.9 Å². The number of nitrogens with one attached hydrogen (secondary N) is 1. The number of nitrogens with zero attached hydrogens (tertiary/aromatic N) is 3. The van der Waals surface area contributed by atoms with Crippen molar-refractivity contribution in [3.05, 3.63) is 46.3 Å². The average Bonchev–Trinajstić information content (AvgIpc) is 2.71. The molecule has 1 atom stereocenters. The fourth-order valence-corrected chi connectivity index (χ4v) is 2.50. The van der Waals surface area contributed by atoms with Crippen LogP contribution in [0.2, 0.25) is 5.02 Å². The minimum absolute atomic E-state index is 0.282. The third kappa shape index (κ3) is 2.98. The Labute approximate surface area is 121 Å². The van der Waals surface area contributed by atoms with E-state index in [-0.39, 0.29) is 6.04 Å². The van der Waals surface area contributed by atoms with Gasteiger partial charge in [0.1, 0.15) is 5.82 Å². The van der Waals surface area contributed by atoms with E-state index < -0.39 is 5.82 Å². The van der Waals surface area contributed by atoms with Gasteiger partial charge in [0, 0.05) is 19.7 Å². The molecule has 20 heavy (non-hydrogen) atoms. The molecule has 7 heteroatoms. The maximum atomic E-state index is 13.2. The van der Waals surface area contributed by atoms with Crippen LogP contribution >= 0.6 is 11.6 Å². The van der Waals surface area contributed by atoms with Crippen molar-refractivity contribution in [3.8, 4) is 0 Å². The van der Waals surface area contributed by atoms with Gasteiger partial charge >= 0.3 is 0 Å². The highest BCUT2D eigenvalue weighted by atomic mass is 35.5. The first-order chi connectivity index (χ1) is 9.56. The van der Waals surface area contributed by atoms with Gasteiger partial charge in [0.2, 0.25) is 0 Å². The third-order valence-corrected chi connectivity index (χ3v) is 3.67. The van der Waals surface area contributed by atoms with Gasteiger partial charge in [-0.05, 0) is 18.1 Å². The molecule has 2 rings (SSSR count). The van der Waals surface area contributed by atoms with Gasteiger partial charge in [0.15, 0.2) is 0 Å². The summed E-state index contributed by atoms with van der Waals surface area (Å²) in [7, 11) is 1.83. The predicted molar refractivity (Wildman–Crippen MR) is 75.6 cm³/mol. The summed E-state index contributed by atoms with van der Waals surface area (Å²) in [6, 6.07) is 1.12. The van der Waals surface area contributed by atoms with Crippen LogP contribution in [-0.4, -0.2) is 14.8 Å². The molecule has 0 amide bonds. The van der Waals surface area contributed by atoms with Crippen molar-refractivity contribution in [2.75, 3.05) is 0 Å². The Morgan fingerprint density at radius 1 is 1.50 bits per heavy atom. The largest absolute Gasteiger partial charge is 0.271 e. The first-order valence-corrected chi connectivity index (χ1v) is 6.71. The van der Waals surface area contributed by atoms with Crippen LogP contribution in [0.3, 0.4) is 0 Å². The van der Waals surface area contributed by atoms with E-state index in [1.54, 1.807) is 10.9 Å². The van der Waals surface area contributed by atoms with Crippen molar-refractivity contribution in [2.45, 2.75) is 25.8 Å². The Bertz CT molecular complexity index is 598. The maximum absolute atomic E-state index is 13.2. The molecule has 2 aromatic heterocycles. The van der Waals surface area contributed by atoms with Crippen LogP contribution in [0.15, 0.2) is 18.5 Å². The fourth-order valence-electron chi connectivity index (χ4n) is 2.13. The number of aromatic nitrogens is 3. The Morgan fingerprint density at radius 3 is 2.80 bits per heavy atom. The minimum Gasteiger partial charge on any atom is -0.271 e. The number of hydrogen-bond donors (Lipinski definition) is 2. The Morgan fingerprint density at radius 2 is 2.25 bits per heavy atom. The van der Waals surface area contributed by atoms with Crippen molar-refractivity contribution < 1.29 is 4.39 Å². The summed E-state index contributed by atoms with van der Waals surface area (Å²) in [5, 5.41) is 4.99. The van der Waals surface area contributed by atoms with Crippen LogP contribution in [0.5, 0.6) is 0 Å². The molecule has 0 fully saturated rings. The van der Waals surface area contributed by atoms with Crippen LogP contribution in [0.1, 0.15) is 29.9 Å². The molecule has 2 aromatic rings. The molecule has 2 heterocycles. The normalized spacial score (nSPS) is 12.7. The summed E-state index contributed by atoms with van der Waals surface area (Å²) in [6.45, 7) is 1.99. The Hall–Kier alpha value is -1.50. The highest BCUT2D eigenvalue weighted by Gasteiger charge is 2.19. The van der Waals surface area contributed by atoms with Gasteiger partial charge in [-0.3, -0.25) is 20.9 Å². The molecule has 1 unspecified atom stereocenters. The van der Waals surface area contributed by atoms with E-state index in [0.29, 0.717) is 17.0 Å². The Balaban J connectivity index is 2.29. The second-order valence-corrected chi connectivity index (χ2v) is 4.92. The van der Waals surface area contributed by atoms with Gasteiger partial charge in [0.05, 0.1) is 28.6 Å². The lowest BCUT2D eigenvalue weighted by atomic mass is 10.0. The molecule has 0 spiro atoms. The van der Waals surface area contributed by atoms with Crippen LogP contribution in [-0.2, 0) is 19.9 Å². The predicted octanol–water partition coefficient (Wildman–Crippen LogP) is 1.92. The zero-order valence-electron chi connectivity index (χ0n) is 11.4. The van der Waals surface area contributed by atoms with Gasteiger partial charge in [-0.15, -0.1) is 0 Å². The molecule has 0 radical (unpaired) electrons. The van der Waals surface area contributed by atoms with Gasteiger partial charge < -0.3 is 0 Å². The monoisotopic (exact) mass is 297 g/mol. The molecular weight excluding hydrogens is 281 g/mol. The molecule has 0 aromatic carbocycles. The number of aryl methyl sites for hydroxylation is 2. The lowest BCUT2D eigenvalue weighted by Crippen LogP contribution is -2.30. The smallest absolute Gasteiger partial charge is 0.141 e. The molecule has 0 aliphatic carbocycles. The number of rotatable bonds is 5. The summed E-state index contributed by atoms with van der Waals surface area (Å²) in [6.07, 6.45) is 4.00. The maximum Gasteiger partial charge on any atom is 0.141 e. The summed E-state index contributed by atoms with van der Waals surface area (Å²) >= 11 is 6.31. The summed E-state index contributed by atoms with van der Waals surface area (Å²) in [5.41, 5.74) is 5.04. The number of hydrogen-bond acceptors (Lipinski definition) is 4. The van der Waals surface area contributed by atoms with Crippen LogP contribution in [0, 0.1) is 5.82 Å². The highest BCUT2D eigenvalue weighted by Crippen LogP contribution is 2.26. The van der Waals surface area contributed by atoms with E-state index in [2.05, 4.69) is 15.5 Å². The minimum atomic E-state index is -0.395. The van der Waals surface area contributed by atoms with Crippen LogP contribution in [0.25, 0.3) is 0 Å². The molecule has 0 bridgehead atoms. The highest BCUT2D eigenvalue weighted by molar-refractivity contribution is 6.31. The average molecular weight is 298 g/mol. The van der Waals surface area contributed by atoms with E-state index in [0.717, 1.165) is 24.0 Å². The lowest BCUT2D eigenvalue weighted by molar-refractivity contribution is 0.522. The second kappa shape index (κ2) is 6.30. The molecule has 108 valence electrons. The summed E-state index contributed by atoms with van der Waals surface area (Å²) in [4.78, 5) is 3.83. The summed E-state index contributed by atoms with van der Waals surface area (Å²) < 4.78 is 15.0. The van der Waals surface area contributed by atoms with E-state index in [1.807, 2.05) is 14.0 Å². The molecule has 5 nitrogen and oxygen atoms in total. The summed E-state index contributed by atoms with van der Waals surface area (Å²) in [5.74, 6) is 5.17. The zero-order chi connectivity index (χ0) is 14.7. The van der Waals surface area contributed by atoms with Gasteiger partial charge in [-0.25, -0.2) is 4.39 Å². The van der Waals surface area contributed by atoms with Crippen molar-refractivity contribution >= 4 is 11.6 Å². The van der Waals surface area contributed by atoms with E-state index in [1.165, 1.54) is 6.07 Å². The second-order valence-electron chi connectivity index (χ2n) is 4.54. The molecule has 3 N–H and O–H groups in total. The van der Waals surface area contributed by atoms with Crippen molar-refractivity contribution in [3.63, 3.8) is 0 Å². The third-order valence-electron chi connectivity index (χ3n) is 3.23.